The first kappa shape index (κ1) is 19.2. The van der Waals surface area contributed by atoms with Gasteiger partial charge in [0.1, 0.15) is 11.5 Å². The quantitative estimate of drug-likeness (QED) is 0.505. The van der Waals surface area contributed by atoms with Gasteiger partial charge in [-0.15, -0.1) is 0 Å². The molecule has 0 N–H and O–H groups in total. The number of hydrogen-bond acceptors (Lipinski definition) is 4. The number of halogens is 2. The number of ether oxygens (including phenoxy) is 2. The summed E-state index contributed by atoms with van der Waals surface area (Å²) in [4.78, 5) is 10.0. The van der Waals surface area contributed by atoms with Gasteiger partial charge in [0.2, 0.25) is 0 Å². The average molecular weight is 358 g/mol. The van der Waals surface area contributed by atoms with Crippen LogP contribution in [-0.4, -0.2) is 18.1 Å². The minimum Gasteiger partial charge on any atom is -0.456 e. The number of non-ortho nitro benzene ring substituents is 1. The molecule has 2 aromatic rings. The maximum absolute atomic E-state index is 10.5. The van der Waals surface area contributed by atoms with Crippen LogP contribution < -0.4 is 4.74 Å². The van der Waals surface area contributed by atoms with Crippen LogP contribution in [0.25, 0.3) is 0 Å². The highest BCUT2D eigenvalue weighted by Gasteiger charge is 2.07. The van der Waals surface area contributed by atoms with Crippen molar-refractivity contribution >= 4 is 28.9 Å². The molecule has 5 nitrogen and oxygen atoms in total. The fourth-order valence-corrected chi connectivity index (χ4v) is 1.97. The zero-order chi connectivity index (χ0) is 17.2. The van der Waals surface area contributed by atoms with Crippen LogP contribution in [0.4, 0.5) is 5.69 Å². The Balaban J connectivity index is 0.000000463. The summed E-state index contributed by atoms with van der Waals surface area (Å²) in [6, 6.07) is 10.6. The zero-order valence-electron chi connectivity index (χ0n) is 12.8. The summed E-state index contributed by atoms with van der Waals surface area (Å²) >= 11 is 11.7. The van der Waals surface area contributed by atoms with Crippen molar-refractivity contribution in [3.63, 3.8) is 0 Å². The van der Waals surface area contributed by atoms with Gasteiger partial charge in [0, 0.05) is 30.4 Å². The van der Waals surface area contributed by atoms with E-state index in [0.29, 0.717) is 21.5 Å². The number of nitro groups is 1. The molecule has 0 saturated heterocycles. The van der Waals surface area contributed by atoms with E-state index in [2.05, 4.69) is 0 Å². The van der Waals surface area contributed by atoms with Crippen LogP contribution in [0, 0.1) is 10.1 Å². The van der Waals surface area contributed by atoms with E-state index in [1.807, 2.05) is 13.8 Å². The fraction of sp³-hybridized carbons (Fsp3) is 0.250. The molecule has 0 aliphatic rings. The van der Waals surface area contributed by atoms with Gasteiger partial charge in [-0.05, 0) is 44.2 Å². The van der Waals surface area contributed by atoms with E-state index in [1.165, 1.54) is 24.3 Å². The highest BCUT2D eigenvalue weighted by Crippen LogP contribution is 2.32. The molecule has 0 heterocycles. The Kier molecular flexibility index (Phi) is 8.40. The first-order valence-corrected chi connectivity index (χ1v) is 7.68. The Hall–Kier alpha value is -1.82. The molecule has 124 valence electrons. The molecule has 2 aromatic carbocycles. The van der Waals surface area contributed by atoms with Crippen molar-refractivity contribution in [1.29, 1.82) is 0 Å². The summed E-state index contributed by atoms with van der Waals surface area (Å²) in [7, 11) is 0. The van der Waals surface area contributed by atoms with Gasteiger partial charge in [-0.1, -0.05) is 23.2 Å². The lowest BCUT2D eigenvalue weighted by Crippen LogP contribution is -1.88. The molecule has 0 radical (unpaired) electrons. The molecule has 0 unspecified atom stereocenters. The van der Waals surface area contributed by atoms with Crippen molar-refractivity contribution in [3.8, 4) is 11.5 Å². The molecule has 0 aromatic heterocycles. The SMILES string of the molecule is CCOCC.O=[N+]([O-])c1ccc(Oc2ccc(Cl)cc2Cl)cc1. The molecule has 0 atom stereocenters. The van der Waals surface area contributed by atoms with E-state index in [1.54, 1.807) is 18.2 Å². The first-order valence-electron chi connectivity index (χ1n) is 6.93. The van der Waals surface area contributed by atoms with Crippen LogP contribution in [0.15, 0.2) is 42.5 Å². The van der Waals surface area contributed by atoms with Gasteiger partial charge in [0.15, 0.2) is 0 Å². The Bertz CT molecular complexity index is 630. The van der Waals surface area contributed by atoms with Gasteiger partial charge in [-0.25, -0.2) is 0 Å². The van der Waals surface area contributed by atoms with Gasteiger partial charge < -0.3 is 9.47 Å². The molecule has 0 aliphatic carbocycles. The number of benzene rings is 2. The molecule has 23 heavy (non-hydrogen) atoms. The Morgan fingerprint density at radius 3 is 2.09 bits per heavy atom. The Morgan fingerprint density at radius 1 is 1.04 bits per heavy atom. The average Bonchev–Trinajstić information content (AvgIpc) is 2.52. The third-order valence-electron chi connectivity index (χ3n) is 2.58. The number of nitro benzene ring substituents is 1. The van der Waals surface area contributed by atoms with Crippen LogP contribution in [0.2, 0.25) is 10.0 Å². The zero-order valence-corrected chi connectivity index (χ0v) is 14.3. The lowest BCUT2D eigenvalue weighted by atomic mass is 10.3. The van der Waals surface area contributed by atoms with E-state index in [-0.39, 0.29) is 5.69 Å². The molecule has 7 heteroatoms. The maximum Gasteiger partial charge on any atom is 0.269 e. The second-order valence-corrected chi connectivity index (χ2v) is 5.05. The normalized spacial score (nSPS) is 9.74. The second-order valence-electron chi connectivity index (χ2n) is 4.21. The Morgan fingerprint density at radius 2 is 1.65 bits per heavy atom. The molecule has 0 spiro atoms. The number of nitrogens with zero attached hydrogens (tertiary/aromatic N) is 1. The summed E-state index contributed by atoms with van der Waals surface area (Å²) in [6.45, 7) is 5.67. The second kappa shape index (κ2) is 10.0. The molecule has 0 saturated carbocycles. The van der Waals surface area contributed by atoms with Gasteiger partial charge in [-0.3, -0.25) is 10.1 Å². The van der Waals surface area contributed by atoms with Crippen molar-refractivity contribution in [2.75, 3.05) is 13.2 Å². The highest BCUT2D eigenvalue weighted by atomic mass is 35.5. The minimum atomic E-state index is -0.473. The van der Waals surface area contributed by atoms with Crippen molar-refractivity contribution in [2.24, 2.45) is 0 Å². The Labute approximate surface area is 144 Å². The van der Waals surface area contributed by atoms with E-state index < -0.39 is 4.92 Å². The minimum absolute atomic E-state index is 0.00422. The van der Waals surface area contributed by atoms with Gasteiger partial charge in [0.05, 0.1) is 9.95 Å². The van der Waals surface area contributed by atoms with Crippen LogP contribution in [0.3, 0.4) is 0 Å². The molecule has 0 fully saturated rings. The maximum atomic E-state index is 10.5. The van der Waals surface area contributed by atoms with E-state index in [4.69, 9.17) is 32.7 Å². The van der Waals surface area contributed by atoms with E-state index in [9.17, 15) is 10.1 Å². The van der Waals surface area contributed by atoms with E-state index in [0.717, 1.165) is 13.2 Å². The van der Waals surface area contributed by atoms with Crippen LogP contribution in [0.5, 0.6) is 11.5 Å². The van der Waals surface area contributed by atoms with Crippen LogP contribution in [-0.2, 0) is 4.74 Å². The molecular weight excluding hydrogens is 341 g/mol. The van der Waals surface area contributed by atoms with Crippen molar-refractivity contribution < 1.29 is 14.4 Å². The van der Waals surface area contributed by atoms with Crippen molar-refractivity contribution in [3.05, 3.63) is 62.6 Å². The molecule has 0 aliphatic heterocycles. The third-order valence-corrected chi connectivity index (χ3v) is 3.11. The highest BCUT2D eigenvalue weighted by molar-refractivity contribution is 6.35. The molecule has 0 amide bonds. The van der Waals surface area contributed by atoms with Crippen molar-refractivity contribution in [2.45, 2.75) is 13.8 Å². The first-order chi connectivity index (χ1) is 11.0. The fourth-order valence-electron chi connectivity index (χ4n) is 1.52. The number of hydrogen-bond donors (Lipinski definition) is 0. The molecular formula is C16H17Cl2NO4. The largest absolute Gasteiger partial charge is 0.456 e. The predicted molar refractivity (Wildman–Crippen MR) is 91.8 cm³/mol. The summed E-state index contributed by atoms with van der Waals surface area (Å²) < 4.78 is 10.3. The lowest BCUT2D eigenvalue weighted by Gasteiger charge is -2.07. The number of rotatable bonds is 5. The summed E-state index contributed by atoms with van der Waals surface area (Å²) in [5.41, 5.74) is 0.00422. The molecule has 0 bridgehead atoms. The van der Waals surface area contributed by atoms with Crippen LogP contribution in [0.1, 0.15) is 13.8 Å². The lowest BCUT2D eigenvalue weighted by molar-refractivity contribution is -0.384. The summed E-state index contributed by atoms with van der Waals surface area (Å²) in [5.74, 6) is 0.903. The van der Waals surface area contributed by atoms with Gasteiger partial charge in [0.25, 0.3) is 5.69 Å². The molecule has 2 rings (SSSR count). The smallest absolute Gasteiger partial charge is 0.269 e. The summed E-state index contributed by atoms with van der Waals surface area (Å²) in [5, 5.41) is 11.4. The van der Waals surface area contributed by atoms with Gasteiger partial charge >= 0.3 is 0 Å². The van der Waals surface area contributed by atoms with Crippen molar-refractivity contribution in [1.82, 2.24) is 0 Å². The monoisotopic (exact) mass is 357 g/mol. The van der Waals surface area contributed by atoms with Crippen LogP contribution >= 0.6 is 23.2 Å². The standard InChI is InChI=1S/C12H7Cl2NO3.C4H10O/c13-8-1-6-12(11(14)7-8)18-10-4-2-9(3-5-10)15(16)17;1-3-5-4-2/h1-7H;3-4H2,1-2H3. The van der Waals surface area contributed by atoms with Gasteiger partial charge in [-0.2, -0.15) is 0 Å². The van der Waals surface area contributed by atoms with E-state index >= 15 is 0 Å². The predicted octanol–water partition coefficient (Wildman–Crippen LogP) is 5.74. The summed E-state index contributed by atoms with van der Waals surface area (Å²) in [6.07, 6.45) is 0. The third kappa shape index (κ3) is 6.86. The topological polar surface area (TPSA) is 61.6 Å².